The molecule has 3 atom stereocenters. The van der Waals surface area contributed by atoms with Crippen molar-refractivity contribution in [3.05, 3.63) is 41.6 Å². The SMILES string of the molecule is [2H]C([2H])([2H])[C@H](CO)NC(=O)[C@@H]1C=C2c3cccc4[nH]cc(c34)C[C@H]2N(C)C1. The molecule has 2 aromatic rings. The van der Waals surface area contributed by atoms with Crippen LogP contribution >= 0.6 is 0 Å². The molecule has 1 aromatic heterocycles. The van der Waals surface area contributed by atoms with Crippen LogP contribution in [0.5, 0.6) is 0 Å². The second kappa shape index (κ2) is 5.76. The van der Waals surface area contributed by atoms with E-state index in [9.17, 15) is 9.90 Å². The number of aromatic nitrogens is 1. The normalized spacial score (nSPS) is 26.8. The predicted octanol–water partition coefficient (Wildman–Crippen LogP) is 1.53. The predicted molar refractivity (Wildman–Crippen MR) is 94.6 cm³/mol. The molecule has 0 radical (unpaired) electrons. The Hall–Kier alpha value is -2.11. The van der Waals surface area contributed by atoms with Gasteiger partial charge >= 0.3 is 0 Å². The van der Waals surface area contributed by atoms with Crippen molar-refractivity contribution in [1.29, 1.82) is 0 Å². The Labute approximate surface area is 145 Å². The number of aromatic amines is 1. The molecule has 2 heterocycles. The molecule has 5 nitrogen and oxygen atoms in total. The molecule has 2 aliphatic rings. The van der Waals surface area contributed by atoms with Gasteiger partial charge in [0.05, 0.1) is 12.5 Å². The fourth-order valence-corrected chi connectivity index (χ4v) is 3.94. The molecule has 5 heteroatoms. The summed E-state index contributed by atoms with van der Waals surface area (Å²) in [5.41, 5.74) is 4.59. The molecule has 1 amide bonds. The van der Waals surface area contributed by atoms with Crippen LogP contribution in [0.2, 0.25) is 0 Å². The van der Waals surface area contributed by atoms with Gasteiger partial charge in [0.1, 0.15) is 0 Å². The van der Waals surface area contributed by atoms with Gasteiger partial charge in [0.25, 0.3) is 0 Å². The third kappa shape index (κ3) is 2.36. The zero-order valence-electron chi connectivity index (χ0n) is 16.5. The fraction of sp³-hybridized carbons (Fsp3) is 0.421. The molecule has 0 unspecified atom stereocenters. The highest BCUT2D eigenvalue weighted by Crippen LogP contribution is 2.40. The van der Waals surface area contributed by atoms with Gasteiger partial charge in [0.15, 0.2) is 0 Å². The zero-order chi connectivity index (χ0) is 19.3. The number of carbonyl (C=O) groups excluding carboxylic acids is 1. The molecule has 1 aliphatic carbocycles. The number of nitrogens with one attached hydrogen (secondary N) is 2. The average Bonchev–Trinajstić information content (AvgIpc) is 3.03. The molecule has 0 spiro atoms. The highest BCUT2D eigenvalue weighted by Gasteiger charge is 2.35. The molecular formula is C19H23N3O2. The first kappa shape index (κ1) is 12.3. The van der Waals surface area contributed by atoms with Gasteiger partial charge in [-0.3, -0.25) is 9.69 Å². The van der Waals surface area contributed by atoms with Crippen LogP contribution in [0.15, 0.2) is 30.5 Å². The Kier molecular flexibility index (Phi) is 2.95. The molecule has 126 valence electrons. The van der Waals surface area contributed by atoms with E-state index < -0.39 is 25.4 Å². The maximum absolute atomic E-state index is 12.7. The number of amides is 1. The Morgan fingerprint density at radius 3 is 3.25 bits per heavy atom. The molecule has 1 aliphatic heterocycles. The summed E-state index contributed by atoms with van der Waals surface area (Å²) in [5, 5.41) is 13.0. The first-order valence-corrected chi connectivity index (χ1v) is 8.22. The van der Waals surface area contributed by atoms with Crippen molar-refractivity contribution in [1.82, 2.24) is 15.2 Å². The smallest absolute Gasteiger partial charge is 0.228 e. The zero-order valence-corrected chi connectivity index (χ0v) is 13.5. The molecule has 4 rings (SSSR count). The highest BCUT2D eigenvalue weighted by molar-refractivity contribution is 5.99. The summed E-state index contributed by atoms with van der Waals surface area (Å²) in [7, 11) is 1.99. The first-order valence-electron chi connectivity index (χ1n) is 9.72. The summed E-state index contributed by atoms with van der Waals surface area (Å²) in [6.07, 6.45) is 4.90. The van der Waals surface area contributed by atoms with Crippen LogP contribution in [0.3, 0.4) is 0 Å². The number of hydrogen-bond acceptors (Lipinski definition) is 3. The molecule has 0 saturated carbocycles. The van der Waals surface area contributed by atoms with E-state index in [-0.39, 0.29) is 11.9 Å². The van der Waals surface area contributed by atoms with E-state index in [2.05, 4.69) is 27.5 Å². The fourth-order valence-electron chi connectivity index (χ4n) is 3.94. The number of aliphatic hydroxyl groups excluding tert-OH is 1. The van der Waals surface area contributed by atoms with Crippen LogP contribution in [0, 0.1) is 5.92 Å². The number of likely N-dealkylation sites (N-methyl/N-ethyl adjacent to an activating group) is 1. The number of H-pyrrole nitrogens is 1. The van der Waals surface area contributed by atoms with Gasteiger partial charge < -0.3 is 15.4 Å². The van der Waals surface area contributed by atoms with Gasteiger partial charge in [-0.05, 0) is 43.1 Å². The van der Waals surface area contributed by atoms with E-state index in [0.717, 1.165) is 23.1 Å². The maximum Gasteiger partial charge on any atom is 0.228 e. The van der Waals surface area contributed by atoms with Crippen molar-refractivity contribution in [2.45, 2.75) is 25.4 Å². The summed E-state index contributed by atoms with van der Waals surface area (Å²) in [4.78, 5) is 18.2. The van der Waals surface area contributed by atoms with Crippen molar-refractivity contribution < 1.29 is 14.0 Å². The lowest BCUT2D eigenvalue weighted by Crippen LogP contribution is -2.48. The first-order chi connectivity index (χ1) is 12.8. The van der Waals surface area contributed by atoms with E-state index in [1.807, 2.05) is 25.3 Å². The van der Waals surface area contributed by atoms with Gasteiger partial charge in [-0.2, -0.15) is 0 Å². The van der Waals surface area contributed by atoms with Crippen LogP contribution in [0.25, 0.3) is 16.5 Å². The van der Waals surface area contributed by atoms with Crippen molar-refractivity contribution in [2.75, 3.05) is 20.2 Å². The third-order valence-electron chi connectivity index (χ3n) is 5.10. The molecule has 3 N–H and O–H groups in total. The monoisotopic (exact) mass is 328 g/mol. The highest BCUT2D eigenvalue weighted by atomic mass is 16.3. The van der Waals surface area contributed by atoms with Gasteiger partial charge in [0, 0.05) is 39.8 Å². The Balaban J connectivity index is 1.68. The van der Waals surface area contributed by atoms with Gasteiger partial charge in [0.2, 0.25) is 5.91 Å². The molecule has 0 fully saturated rings. The number of benzene rings is 1. The molecule has 0 saturated heterocycles. The van der Waals surface area contributed by atoms with Gasteiger partial charge in [-0.25, -0.2) is 0 Å². The van der Waals surface area contributed by atoms with E-state index in [1.54, 1.807) is 0 Å². The van der Waals surface area contributed by atoms with Crippen LogP contribution in [0.1, 0.15) is 22.1 Å². The van der Waals surface area contributed by atoms with E-state index in [0.29, 0.717) is 6.54 Å². The van der Waals surface area contributed by atoms with Crippen molar-refractivity contribution >= 4 is 22.4 Å². The Morgan fingerprint density at radius 1 is 1.58 bits per heavy atom. The van der Waals surface area contributed by atoms with Crippen LogP contribution in [-0.2, 0) is 11.2 Å². The number of aliphatic hydroxyl groups is 1. The lowest BCUT2D eigenvalue weighted by Gasteiger charge is -2.39. The molecule has 24 heavy (non-hydrogen) atoms. The van der Waals surface area contributed by atoms with Crippen LogP contribution in [-0.4, -0.2) is 53.2 Å². The van der Waals surface area contributed by atoms with Crippen molar-refractivity contribution in [3.63, 3.8) is 0 Å². The second-order valence-electron chi connectivity index (χ2n) is 6.67. The van der Waals surface area contributed by atoms with Crippen LogP contribution < -0.4 is 5.32 Å². The second-order valence-corrected chi connectivity index (χ2v) is 6.67. The summed E-state index contributed by atoms with van der Waals surface area (Å²) in [6, 6.07) is 5.06. The average molecular weight is 328 g/mol. The summed E-state index contributed by atoms with van der Waals surface area (Å²) < 4.78 is 22.4. The van der Waals surface area contributed by atoms with Crippen molar-refractivity contribution in [3.8, 4) is 0 Å². The standard InChI is InChI=1S/C19H23N3O2/c1-11(10-23)21-19(24)13-6-15-14-4-3-5-16-18(14)12(8-20-16)7-17(15)22(2)9-13/h3-6,8,11,13,17,20,23H,7,9-10H2,1-2H3,(H,21,24)/t11-,13-,17-/m1/s1/i1D3. The largest absolute Gasteiger partial charge is 0.394 e. The minimum absolute atomic E-state index is 0.194. The lowest BCUT2D eigenvalue weighted by molar-refractivity contribution is -0.125. The van der Waals surface area contributed by atoms with Crippen LogP contribution in [0.4, 0.5) is 0 Å². The third-order valence-corrected chi connectivity index (χ3v) is 5.10. The maximum atomic E-state index is 12.7. The number of nitrogens with zero attached hydrogens (tertiary/aromatic N) is 1. The Bertz CT molecular complexity index is 919. The van der Waals surface area contributed by atoms with E-state index in [1.165, 1.54) is 10.9 Å². The minimum atomic E-state index is -2.43. The Morgan fingerprint density at radius 2 is 2.46 bits per heavy atom. The van der Waals surface area contributed by atoms with Gasteiger partial charge in [-0.15, -0.1) is 0 Å². The lowest BCUT2D eigenvalue weighted by atomic mass is 9.80. The topological polar surface area (TPSA) is 68.4 Å². The summed E-state index contributed by atoms with van der Waals surface area (Å²) >= 11 is 0. The summed E-state index contributed by atoms with van der Waals surface area (Å²) in [6.45, 7) is -2.54. The number of carbonyl (C=O) groups is 1. The number of rotatable bonds is 3. The number of fused-ring (bicyclic) bond motifs is 2. The quantitative estimate of drug-likeness (QED) is 0.800. The van der Waals surface area contributed by atoms with E-state index >= 15 is 0 Å². The van der Waals surface area contributed by atoms with Gasteiger partial charge in [-0.1, -0.05) is 18.2 Å². The molecular weight excluding hydrogens is 302 g/mol. The van der Waals surface area contributed by atoms with E-state index in [4.69, 9.17) is 4.11 Å². The summed E-state index contributed by atoms with van der Waals surface area (Å²) in [5.74, 6) is -0.830. The molecule has 1 aromatic carbocycles. The minimum Gasteiger partial charge on any atom is -0.394 e. The van der Waals surface area contributed by atoms with Crippen molar-refractivity contribution in [2.24, 2.45) is 5.92 Å². The number of hydrogen-bond donors (Lipinski definition) is 3. The molecule has 0 bridgehead atoms.